The Kier molecular flexibility index (Phi) is 5.40. The summed E-state index contributed by atoms with van der Waals surface area (Å²) in [5.74, 6) is 0.0449. The summed E-state index contributed by atoms with van der Waals surface area (Å²) in [5, 5.41) is 3.05. The first kappa shape index (κ1) is 14.5. The summed E-state index contributed by atoms with van der Waals surface area (Å²) in [6.45, 7) is 3.03. The van der Waals surface area contributed by atoms with Crippen LogP contribution in [0.25, 0.3) is 0 Å². The van der Waals surface area contributed by atoms with E-state index in [0.717, 1.165) is 38.6 Å². The van der Waals surface area contributed by atoms with Gasteiger partial charge in [0, 0.05) is 6.04 Å². The summed E-state index contributed by atoms with van der Waals surface area (Å²) in [6, 6.07) is 0.201. The van der Waals surface area contributed by atoms with Gasteiger partial charge in [0.05, 0.1) is 5.54 Å². The lowest BCUT2D eigenvalue weighted by molar-refractivity contribution is -0.128. The van der Waals surface area contributed by atoms with E-state index in [0.29, 0.717) is 0 Å². The number of nitrogens with two attached hydrogens (primary N) is 1. The van der Waals surface area contributed by atoms with E-state index in [1.807, 2.05) is 21.0 Å². The van der Waals surface area contributed by atoms with Crippen molar-refractivity contribution in [3.05, 3.63) is 0 Å². The quantitative estimate of drug-likeness (QED) is 0.758. The molecule has 0 aromatic carbocycles. The number of rotatable bonds is 5. The van der Waals surface area contributed by atoms with Crippen LogP contribution in [0.15, 0.2) is 0 Å². The first-order chi connectivity index (χ1) is 7.94. The number of amides is 1. The Morgan fingerprint density at radius 1 is 1.35 bits per heavy atom. The minimum atomic E-state index is -0.607. The number of hydrogen-bond acceptors (Lipinski definition) is 3. The van der Waals surface area contributed by atoms with Crippen molar-refractivity contribution in [3.63, 3.8) is 0 Å². The van der Waals surface area contributed by atoms with Crippen molar-refractivity contribution >= 4 is 5.91 Å². The maximum atomic E-state index is 12.1. The number of hydrogen-bond donors (Lipinski definition) is 2. The molecule has 1 aliphatic rings. The second-order valence-electron chi connectivity index (χ2n) is 5.68. The molecule has 1 rings (SSSR count). The van der Waals surface area contributed by atoms with Crippen LogP contribution >= 0.6 is 0 Å². The summed E-state index contributed by atoms with van der Waals surface area (Å²) in [4.78, 5) is 14.3. The van der Waals surface area contributed by atoms with Crippen molar-refractivity contribution in [1.82, 2.24) is 10.2 Å². The van der Waals surface area contributed by atoms with Crippen molar-refractivity contribution in [2.75, 3.05) is 20.6 Å². The van der Waals surface area contributed by atoms with Crippen LogP contribution in [-0.2, 0) is 4.79 Å². The molecule has 4 heteroatoms. The Morgan fingerprint density at radius 3 is 2.47 bits per heavy atom. The average molecular weight is 241 g/mol. The molecule has 1 amide bonds. The Labute approximate surface area is 105 Å². The van der Waals surface area contributed by atoms with Crippen LogP contribution < -0.4 is 11.1 Å². The molecule has 0 heterocycles. The highest BCUT2D eigenvalue weighted by atomic mass is 16.2. The highest BCUT2D eigenvalue weighted by molar-refractivity contribution is 5.86. The number of carbonyl (C=O) groups is 1. The number of nitrogens with zero attached hydrogens (tertiary/aromatic N) is 1. The van der Waals surface area contributed by atoms with Crippen molar-refractivity contribution in [2.24, 2.45) is 5.73 Å². The Morgan fingerprint density at radius 2 is 1.94 bits per heavy atom. The van der Waals surface area contributed by atoms with Gasteiger partial charge in [0.25, 0.3) is 0 Å². The summed E-state index contributed by atoms with van der Waals surface area (Å²) in [5.41, 5.74) is 5.58. The summed E-state index contributed by atoms with van der Waals surface area (Å²) in [6.07, 6.45) is 6.00. The molecule has 1 aliphatic carbocycles. The van der Waals surface area contributed by atoms with Gasteiger partial charge in [-0.2, -0.15) is 0 Å². The van der Waals surface area contributed by atoms with Crippen molar-refractivity contribution < 1.29 is 4.79 Å². The molecule has 0 spiro atoms. The van der Waals surface area contributed by atoms with Crippen LogP contribution in [0.2, 0.25) is 0 Å². The second-order valence-corrected chi connectivity index (χ2v) is 5.68. The van der Waals surface area contributed by atoms with Crippen molar-refractivity contribution in [1.29, 1.82) is 0 Å². The van der Waals surface area contributed by atoms with Crippen LogP contribution in [0, 0.1) is 0 Å². The highest BCUT2D eigenvalue weighted by Gasteiger charge is 2.35. The van der Waals surface area contributed by atoms with Gasteiger partial charge in [0.2, 0.25) is 5.91 Å². The lowest BCUT2D eigenvalue weighted by Crippen LogP contribution is -2.56. The predicted molar refractivity (Wildman–Crippen MR) is 70.8 cm³/mol. The van der Waals surface area contributed by atoms with Crippen LogP contribution in [0.5, 0.6) is 0 Å². The van der Waals surface area contributed by atoms with E-state index in [1.165, 1.54) is 6.42 Å². The van der Waals surface area contributed by atoms with Gasteiger partial charge in [-0.1, -0.05) is 19.3 Å². The van der Waals surface area contributed by atoms with E-state index in [9.17, 15) is 4.79 Å². The zero-order valence-corrected chi connectivity index (χ0v) is 11.5. The predicted octanol–water partition coefficient (Wildman–Crippen LogP) is 1.10. The van der Waals surface area contributed by atoms with Crippen LogP contribution in [0.4, 0.5) is 0 Å². The third kappa shape index (κ3) is 4.64. The molecule has 0 bridgehead atoms. The van der Waals surface area contributed by atoms with E-state index >= 15 is 0 Å². The molecule has 1 fully saturated rings. The van der Waals surface area contributed by atoms with E-state index in [-0.39, 0.29) is 11.9 Å². The van der Waals surface area contributed by atoms with Gasteiger partial charge in [-0.25, -0.2) is 0 Å². The zero-order valence-electron chi connectivity index (χ0n) is 11.5. The Hall–Kier alpha value is -0.610. The monoisotopic (exact) mass is 241 g/mol. The fourth-order valence-electron chi connectivity index (χ4n) is 2.30. The Balaban J connectivity index is 2.36. The minimum Gasteiger partial charge on any atom is -0.352 e. The summed E-state index contributed by atoms with van der Waals surface area (Å²) < 4.78 is 0. The fraction of sp³-hybridized carbons (Fsp3) is 0.923. The van der Waals surface area contributed by atoms with Gasteiger partial charge in [-0.3, -0.25) is 4.79 Å². The van der Waals surface area contributed by atoms with Crippen LogP contribution in [-0.4, -0.2) is 43.0 Å². The molecule has 17 heavy (non-hydrogen) atoms. The second kappa shape index (κ2) is 6.36. The lowest BCUT2D eigenvalue weighted by Gasteiger charge is -2.33. The van der Waals surface area contributed by atoms with Crippen molar-refractivity contribution in [3.8, 4) is 0 Å². The standard InChI is InChI=1S/C13H27N3O/c1-11(7-10-16(2)3)15-12(17)13(14)8-5-4-6-9-13/h11H,4-10,14H2,1-3H3,(H,15,17). The first-order valence-corrected chi connectivity index (χ1v) is 6.68. The molecule has 1 saturated carbocycles. The number of carbonyl (C=O) groups excluding carboxylic acids is 1. The lowest BCUT2D eigenvalue weighted by atomic mass is 9.81. The van der Waals surface area contributed by atoms with E-state index in [4.69, 9.17) is 5.73 Å². The molecule has 1 unspecified atom stereocenters. The number of nitrogens with one attached hydrogen (secondary N) is 1. The first-order valence-electron chi connectivity index (χ1n) is 6.68. The molecule has 0 aliphatic heterocycles. The molecular formula is C13H27N3O. The van der Waals surface area contributed by atoms with Crippen LogP contribution in [0.3, 0.4) is 0 Å². The molecular weight excluding hydrogens is 214 g/mol. The molecule has 1 atom stereocenters. The van der Waals surface area contributed by atoms with Gasteiger partial charge in [-0.05, 0) is 46.8 Å². The third-order valence-corrected chi connectivity index (χ3v) is 3.58. The maximum Gasteiger partial charge on any atom is 0.240 e. The van der Waals surface area contributed by atoms with Gasteiger partial charge < -0.3 is 16.0 Å². The van der Waals surface area contributed by atoms with Gasteiger partial charge in [0.15, 0.2) is 0 Å². The molecule has 0 radical (unpaired) electrons. The average Bonchev–Trinajstić information content (AvgIpc) is 2.27. The van der Waals surface area contributed by atoms with E-state index in [2.05, 4.69) is 10.2 Å². The smallest absolute Gasteiger partial charge is 0.240 e. The van der Waals surface area contributed by atoms with E-state index in [1.54, 1.807) is 0 Å². The topological polar surface area (TPSA) is 58.4 Å². The molecule has 100 valence electrons. The summed E-state index contributed by atoms with van der Waals surface area (Å²) in [7, 11) is 4.08. The highest BCUT2D eigenvalue weighted by Crippen LogP contribution is 2.26. The zero-order chi connectivity index (χ0) is 12.9. The largest absolute Gasteiger partial charge is 0.352 e. The third-order valence-electron chi connectivity index (χ3n) is 3.58. The molecule has 4 nitrogen and oxygen atoms in total. The van der Waals surface area contributed by atoms with Gasteiger partial charge in [-0.15, -0.1) is 0 Å². The molecule has 0 aromatic rings. The normalized spacial score (nSPS) is 21.2. The SMILES string of the molecule is CC(CCN(C)C)NC(=O)C1(N)CCCCC1. The van der Waals surface area contributed by atoms with Gasteiger partial charge >= 0.3 is 0 Å². The van der Waals surface area contributed by atoms with E-state index < -0.39 is 5.54 Å². The molecule has 0 aromatic heterocycles. The van der Waals surface area contributed by atoms with Crippen molar-refractivity contribution in [2.45, 2.75) is 57.0 Å². The molecule has 0 saturated heterocycles. The fourth-order valence-corrected chi connectivity index (χ4v) is 2.30. The molecule has 3 N–H and O–H groups in total. The summed E-state index contributed by atoms with van der Waals surface area (Å²) >= 11 is 0. The minimum absolute atomic E-state index is 0.0449. The van der Waals surface area contributed by atoms with Crippen LogP contribution in [0.1, 0.15) is 45.4 Å². The maximum absolute atomic E-state index is 12.1. The van der Waals surface area contributed by atoms with Gasteiger partial charge in [0.1, 0.15) is 0 Å². The Bertz CT molecular complexity index is 247.